The molecule has 0 bridgehead atoms. The number of aliphatic carboxylic acids is 1. The molecule has 2 aliphatic heterocycles. The number of thioether (sulfide) groups is 1. The van der Waals surface area contributed by atoms with Gasteiger partial charge in [-0.1, -0.05) is 42.2 Å². The Morgan fingerprint density at radius 3 is 2.92 bits per heavy atom. The number of aliphatic hydroxyl groups excluding tert-OH is 1. The summed E-state index contributed by atoms with van der Waals surface area (Å²) in [6.07, 6.45) is 2.86. The zero-order valence-electron chi connectivity index (χ0n) is 13.1. The first-order valence-electron chi connectivity index (χ1n) is 7.47. The van der Waals surface area contributed by atoms with E-state index in [0.29, 0.717) is 11.3 Å². The number of hydrogen-bond acceptors (Lipinski definition) is 7. The molecule has 24 heavy (non-hydrogen) atoms. The molecule has 1 amide bonds. The van der Waals surface area contributed by atoms with Crippen LogP contribution in [0.15, 0.2) is 33.3 Å². The van der Waals surface area contributed by atoms with E-state index in [2.05, 4.69) is 10.2 Å². The van der Waals surface area contributed by atoms with E-state index in [0.717, 1.165) is 4.34 Å². The zero-order chi connectivity index (χ0) is 17.4. The van der Waals surface area contributed by atoms with E-state index in [1.165, 1.54) is 28.0 Å². The Kier molecular flexibility index (Phi) is 4.75. The number of allylic oxidation sites excluding steroid dienone is 1. The van der Waals surface area contributed by atoms with Crippen LogP contribution in [-0.2, 0) is 9.59 Å². The number of aliphatic hydroxyl groups is 1. The van der Waals surface area contributed by atoms with Crippen LogP contribution in [0.25, 0.3) is 0 Å². The molecule has 3 heterocycles. The molecule has 4 atom stereocenters. The van der Waals surface area contributed by atoms with E-state index < -0.39 is 18.0 Å². The lowest BCUT2D eigenvalue weighted by molar-refractivity contribution is -0.163. The number of nitrogens with zero attached hydrogens (tertiary/aromatic N) is 3. The van der Waals surface area contributed by atoms with Gasteiger partial charge in [-0.3, -0.25) is 4.79 Å². The van der Waals surface area contributed by atoms with Gasteiger partial charge in [-0.2, -0.15) is 0 Å². The van der Waals surface area contributed by atoms with Crippen molar-refractivity contribution in [2.75, 3.05) is 5.75 Å². The predicted molar refractivity (Wildman–Crippen MR) is 89.4 cm³/mol. The van der Waals surface area contributed by atoms with Gasteiger partial charge in [-0.15, -0.1) is 10.2 Å². The molecular weight excluding hydrogens is 350 g/mol. The van der Waals surface area contributed by atoms with Crippen molar-refractivity contribution >= 4 is 35.0 Å². The lowest BCUT2D eigenvalue weighted by Gasteiger charge is -2.46. The first-order valence-corrected chi connectivity index (χ1v) is 9.34. The number of β-lactam (4-membered cyclic amide) rings is 1. The number of carboxylic acids is 1. The number of fused-ring (bicyclic) bond motifs is 1. The number of carbonyl (C=O) groups excluding carboxylic acids is 1. The van der Waals surface area contributed by atoms with E-state index in [1.54, 1.807) is 18.5 Å². The normalized spacial score (nSPS) is 27.5. The molecule has 7 nitrogen and oxygen atoms in total. The molecule has 3 rings (SSSR count). The maximum Gasteiger partial charge on any atom is 0.352 e. The molecule has 2 N–H and O–H groups in total. The molecule has 0 aliphatic carbocycles. The van der Waals surface area contributed by atoms with Gasteiger partial charge in [-0.25, -0.2) is 4.79 Å². The van der Waals surface area contributed by atoms with Gasteiger partial charge in [0.15, 0.2) is 4.34 Å². The van der Waals surface area contributed by atoms with E-state index in [-0.39, 0.29) is 23.6 Å². The minimum atomic E-state index is -1.11. The highest BCUT2D eigenvalue weighted by Gasteiger charge is 2.59. The van der Waals surface area contributed by atoms with Crippen molar-refractivity contribution < 1.29 is 19.8 Å². The molecule has 1 aromatic rings. The van der Waals surface area contributed by atoms with Crippen molar-refractivity contribution in [1.29, 1.82) is 0 Å². The average molecular weight is 367 g/mol. The summed E-state index contributed by atoms with van der Waals surface area (Å²) in [4.78, 5) is 25.1. The quantitative estimate of drug-likeness (QED) is 0.578. The van der Waals surface area contributed by atoms with Crippen LogP contribution in [0.5, 0.6) is 0 Å². The van der Waals surface area contributed by atoms with Crippen molar-refractivity contribution in [1.82, 2.24) is 15.1 Å². The monoisotopic (exact) mass is 367 g/mol. The van der Waals surface area contributed by atoms with Gasteiger partial charge in [0.1, 0.15) is 11.2 Å². The first-order chi connectivity index (χ1) is 11.4. The number of carboxylic acid groups (broad SMARTS) is 1. The van der Waals surface area contributed by atoms with E-state index >= 15 is 0 Å². The Labute approximate surface area is 147 Å². The second-order valence-electron chi connectivity index (χ2n) is 5.78. The number of carbonyl (C=O) groups is 2. The molecule has 2 aliphatic rings. The predicted octanol–water partition coefficient (Wildman–Crippen LogP) is 1.38. The molecule has 128 valence electrons. The Morgan fingerprint density at radius 1 is 1.58 bits per heavy atom. The van der Waals surface area contributed by atoms with E-state index in [4.69, 9.17) is 0 Å². The molecular formula is C15H17N3O4S2. The third kappa shape index (κ3) is 2.76. The summed E-state index contributed by atoms with van der Waals surface area (Å²) >= 11 is 2.96. The van der Waals surface area contributed by atoms with Gasteiger partial charge in [0.2, 0.25) is 5.91 Å². The second kappa shape index (κ2) is 6.66. The molecule has 0 saturated carbocycles. The fraction of sp³-hybridized carbons (Fsp3) is 0.467. The number of rotatable bonds is 6. The molecule has 1 fully saturated rings. The van der Waals surface area contributed by atoms with Crippen molar-refractivity contribution in [3.63, 3.8) is 0 Å². The Hall–Kier alpha value is -1.71. The third-order valence-corrected chi connectivity index (χ3v) is 6.18. The second-order valence-corrected chi connectivity index (χ2v) is 7.88. The number of aromatic nitrogens is 2. The molecule has 0 aromatic carbocycles. The van der Waals surface area contributed by atoms with Crippen LogP contribution in [-0.4, -0.2) is 55.1 Å². The largest absolute Gasteiger partial charge is 0.477 e. The van der Waals surface area contributed by atoms with Crippen molar-refractivity contribution in [3.8, 4) is 0 Å². The Bertz CT molecular complexity index is 714. The first kappa shape index (κ1) is 17.1. The van der Waals surface area contributed by atoms with Crippen molar-refractivity contribution in [2.45, 2.75) is 30.3 Å². The third-order valence-electron chi connectivity index (χ3n) is 4.37. The summed E-state index contributed by atoms with van der Waals surface area (Å²) in [5.74, 6) is -1.45. The summed E-state index contributed by atoms with van der Waals surface area (Å²) in [7, 11) is 0. The van der Waals surface area contributed by atoms with Gasteiger partial charge in [0.05, 0.1) is 18.1 Å². The Balaban J connectivity index is 1.78. The van der Waals surface area contributed by atoms with Crippen LogP contribution in [0.3, 0.4) is 0 Å². The van der Waals surface area contributed by atoms with Gasteiger partial charge in [0, 0.05) is 11.7 Å². The molecule has 0 spiro atoms. The topological polar surface area (TPSA) is 104 Å². The van der Waals surface area contributed by atoms with Gasteiger partial charge < -0.3 is 15.1 Å². The fourth-order valence-corrected chi connectivity index (χ4v) is 4.66. The van der Waals surface area contributed by atoms with Crippen molar-refractivity contribution in [2.24, 2.45) is 11.8 Å². The van der Waals surface area contributed by atoms with Crippen LogP contribution >= 0.6 is 23.1 Å². The van der Waals surface area contributed by atoms with Crippen LogP contribution in [0.2, 0.25) is 0 Å². The zero-order valence-corrected chi connectivity index (χ0v) is 14.8. The summed E-state index contributed by atoms with van der Waals surface area (Å²) in [6.45, 7) is 3.46. The van der Waals surface area contributed by atoms with Crippen molar-refractivity contribution in [3.05, 3.63) is 28.9 Å². The lowest BCUT2D eigenvalue weighted by atomic mass is 9.78. The van der Waals surface area contributed by atoms with Gasteiger partial charge in [-0.05, 0) is 12.5 Å². The summed E-state index contributed by atoms with van der Waals surface area (Å²) < 4.78 is 0.847. The molecule has 0 unspecified atom stereocenters. The average Bonchev–Trinajstić information content (AvgIpc) is 3.09. The SMILES string of the molecule is C[C@@H](O)[C@H]1C(=O)N2C(C(=O)O)=C(/C=C/CSc3nncs3)[C@H](C)[C@H]12. The minimum absolute atomic E-state index is 0.0339. The van der Waals surface area contributed by atoms with Crippen LogP contribution in [0.4, 0.5) is 0 Å². The minimum Gasteiger partial charge on any atom is -0.477 e. The molecule has 0 radical (unpaired) electrons. The Morgan fingerprint density at radius 2 is 2.33 bits per heavy atom. The highest BCUT2D eigenvalue weighted by molar-refractivity contribution is 8.01. The standard InChI is InChI=1S/C15H17N3O4S2/c1-7-9(4-3-5-23-15-17-16-6-24-15)12(14(21)22)18-11(7)10(8(2)19)13(18)20/h3-4,6-8,10-11,19H,5H2,1-2H3,(H,21,22)/b4-3+/t7-,8+,10+,11+/m0/s1. The van der Waals surface area contributed by atoms with Crippen LogP contribution < -0.4 is 0 Å². The smallest absolute Gasteiger partial charge is 0.352 e. The van der Waals surface area contributed by atoms with Crippen LogP contribution in [0, 0.1) is 11.8 Å². The van der Waals surface area contributed by atoms with Crippen LogP contribution in [0.1, 0.15) is 13.8 Å². The maximum absolute atomic E-state index is 12.2. The fourth-order valence-electron chi connectivity index (χ4n) is 3.33. The number of hydrogen-bond donors (Lipinski definition) is 2. The summed E-state index contributed by atoms with van der Waals surface area (Å²) in [6, 6.07) is -0.279. The lowest BCUT2D eigenvalue weighted by Crippen LogP contribution is -2.63. The maximum atomic E-state index is 12.2. The molecule has 1 aromatic heterocycles. The van der Waals surface area contributed by atoms with Gasteiger partial charge >= 0.3 is 5.97 Å². The summed E-state index contributed by atoms with van der Waals surface area (Å²) in [5.41, 5.74) is 2.32. The molecule has 1 saturated heterocycles. The number of amides is 1. The highest BCUT2D eigenvalue weighted by Crippen LogP contribution is 2.47. The summed E-state index contributed by atoms with van der Waals surface area (Å²) in [5, 5.41) is 27.0. The molecule has 9 heteroatoms. The van der Waals surface area contributed by atoms with Gasteiger partial charge in [0.25, 0.3) is 0 Å². The van der Waals surface area contributed by atoms with E-state index in [9.17, 15) is 19.8 Å². The van der Waals surface area contributed by atoms with E-state index in [1.807, 2.05) is 13.0 Å². The highest BCUT2D eigenvalue weighted by atomic mass is 32.2.